The maximum Gasteiger partial charge on any atom is 0.251 e. The predicted molar refractivity (Wildman–Crippen MR) is 71.8 cm³/mol. The molecule has 0 spiro atoms. The Morgan fingerprint density at radius 1 is 1.53 bits per heavy atom. The van der Waals surface area contributed by atoms with Gasteiger partial charge in [-0.2, -0.15) is 0 Å². The molecule has 2 aromatic rings. The molecule has 1 amide bonds. The van der Waals surface area contributed by atoms with Crippen molar-refractivity contribution in [1.29, 1.82) is 0 Å². The molecule has 0 saturated heterocycles. The van der Waals surface area contributed by atoms with Crippen LogP contribution in [0.3, 0.4) is 0 Å². The Labute approximate surface area is 109 Å². The Hall–Kier alpha value is -1.13. The van der Waals surface area contributed by atoms with Gasteiger partial charge in [0, 0.05) is 12.1 Å². The Morgan fingerprint density at radius 3 is 3.00 bits per heavy atom. The van der Waals surface area contributed by atoms with E-state index in [1.165, 1.54) is 11.3 Å². The lowest BCUT2D eigenvalue weighted by Crippen LogP contribution is -2.27. The summed E-state index contributed by atoms with van der Waals surface area (Å²) < 4.78 is 1.50. The third kappa shape index (κ3) is 2.96. The molecule has 3 nitrogen and oxygen atoms in total. The fourth-order valence-corrected chi connectivity index (χ4v) is 2.45. The molecule has 0 atom stereocenters. The van der Waals surface area contributed by atoms with Gasteiger partial charge in [0.1, 0.15) is 0 Å². The maximum absolute atomic E-state index is 11.8. The molecule has 0 radical (unpaired) electrons. The van der Waals surface area contributed by atoms with E-state index in [2.05, 4.69) is 24.1 Å². The fourth-order valence-electron chi connectivity index (χ4n) is 1.44. The molecule has 0 fully saturated rings. The SMILES string of the molecule is CC(C)CNC(=O)c1ccc2sc(Cl)nc2c1. The Bertz CT molecular complexity index is 550. The topological polar surface area (TPSA) is 42.0 Å². The summed E-state index contributed by atoms with van der Waals surface area (Å²) >= 11 is 7.24. The minimum absolute atomic E-state index is 0.0651. The number of nitrogens with one attached hydrogen (secondary N) is 1. The summed E-state index contributed by atoms with van der Waals surface area (Å²) in [5, 5.41) is 2.87. The first kappa shape index (κ1) is 12.3. The van der Waals surface area contributed by atoms with Gasteiger partial charge in [-0.15, -0.1) is 11.3 Å². The highest BCUT2D eigenvalue weighted by Crippen LogP contribution is 2.26. The molecule has 1 heterocycles. The molecular formula is C12H13ClN2OS. The third-order valence-corrected chi connectivity index (χ3v) is 3.44. The van der Waals surface area contributed by atoms with E-state index in [-0.39, 0.29) is 5.91 Å². The van der Waals surface area contributed by atoms with Crippen LogP contribution in [0.5, 0.6) is 0 Å². The smallest absolute Gasteiger partial charge is 0.251 e. The van der Waals surface area contributed by atoms with Gasteiger partial charge in [0.05, 0.1) is 10.2 Å². The Balaban J connectivity index is 2.20. The standard InChI is InChI=1S/C12H13ClN2OS/c1-7(2)6-14-11(16)8-3-4-10-9(5-8)15-12(13)17-10/h3-5,7H,6H2,1-2H3,(H,14,16). The van der Waals surface area contributed by atoms with Gasteiger partial charge < -0.3 is 5.32 Å². The molecular weight excluding hydrogens is 256 g/mol. The van der Waals surface area contributed by atoms with Crippen LogP contribution in [-0.2, 0) is 0 Å². The van der Waals surface area contributed by atoms with E-state index >= 15 is 0 Å². The normalized spacial score (nSPS) is 11.1. The lowest BCUT2D eigenvalue weighted by atomic mass is 10.2. The number of hydrogen-bond donors (Lipinski definition) is 1. The van der Waals surface area contributed by atoms with Crippen LogP contribution in [0.25, 0.3) is 10.2 Å². The van der Waals surface area contributed by atoms with E-state index in [1.807, 2.05) is 6.07 Å². The molecule has 0 unspecified atom stereocenters. The lowest BCUT2D eigenvalue weighted by molar-refractivity contribution is 0.0949. The van der Waals surface area contributed by atoms with Crippen molar-refractivity contribution in [1.82, 2.24) is 10.3 Å². The number of nitrogens with zero attached hydrogens (tertiary/aromatic N) is 1. The summed E-state index contributed by atoms with van der Waals surface area (Å²) in [4.78, 5) is 16.0. The second-order valence-electron chi connectivity index (χ2n) is 4.25. The second kappa shape index (κ2) is 5.02. The average molecular weight is 269 g/mol. The maximum atomic E-state index is 11.8. The van der Waals surface area contributed by atoms with Crippen LogP contribution in [0.4, 0.5) is 0 Å². The predicted octanol–water partition coefficient (Wildman–Crippen LogP) is 3.34. The lowest BCUT2D eigenvalue weighted by Gasteiger charge is -2.07. The van der Waals surface area contributed by atoms with Gasteiger partial charge in [-0.25, -0.2) is 4.98 Å². The molecule has 17 heavy (non-hydrogen) atoms. The van der Waals surface area contributed by atoms with E-state index in [0.717, 1.165) is 10.2 Å². The van der Waals surface area contributed by atoms with Crippen molar-refractivity contribution in [2.75, 3.05) is 6.54 Å². The van der Waals surface area contributed by atoms with Crippen molar-refractivity contribution in [2.45, 2.75) is 13.8 Å². The van der Waals surface area contributed by atoms with Gasteiger partial charge in [0.2, 0.25) is 0 Å². The van der Waals surface area contributed by atoms with Crippen molar-refractivity contribution < 1.29 is 4.79 Å². The summed E-state index contributed by atoms with van der Waals surface area (Å²) in [6.45, 7) is 4.79. The molecule has 0 aliphatic heterocycles. The largest absolute Gasteiger partial charge is 0.352 e. The van der Waals surface area contributed by atoms with Crippen molar-refractivity contribution in [3.8, 4) is 0 Å². The summed E-state index contributed by atoms with van der Waals surface area (Å²) in [5.74, 6) is 0.376. The quantitative estimate of drug-likeness (QED) is 0.928. The molecule has 2 rings (SSSR count). The number of amides is 1. The number of rotatable bonds is 3. The van der Waals surface area contributed by atoms with Crippen LogP contribution >= 0.6 is 22.9 Å². The third-order valence-electron chi connectivity index (χ3n) is 2.29. The van der Waals surface area contributed by atoms with E-state index in [9.17, 15) is 4.79 Å². The zero-order chi connectivity index (χ0) is 12.4. The van der Waals surface area contributed by atoms with Crippen molar-refractivity contribution in [2.24, 2.45) is 5.92 Å². The molecule has 1 aromatic carbocycles. The molecule has 0 saturated carbocycles. The zero-order valence-electron chi connectivity index (χ0n) is 9.66. The van der Waals surface area contributed by atoms with Crippen LogP contribution < -0.4 is 5.32 Å². The van der Waals surface area contributed by atoms with Gasteiger partial charge in [-0.3, -0.25) is 4.79 Å². The fraction of sp³-hybridized carbons (Fsp3) is 0.333. The van der Waals surface area contributed by atoms with Gasteiger partial charge in [0.15, 0.2) is 4.47 Å². The summed E-state index contributed by atoms with van der Waals surface area (Å²) in [6, 6.07) is 5.45. The Kier molecular flexibility index (Phi) is 3.64. The summed E-state index contributed by atoms with van der Waals surface area (Å²) in [7, 11) is 0. The van der Waals surface area contributed by atoms with Crippen LogP contribution in [0.1, 0.15) is 24.2 Å². The number of hydrogen-bond acceptors (Lipinski definition) is 3. The minimum Gasteiger partial charge on any atom is -0.352 e. The molecule has 1 N–H and O–H groups in total. The first-order chi connectivity index (χ1) is 8.06. The number of carbonyl (C=O) groups excluding carboxylic acids is 1. The van der Waals surface area contributed by atoms with Crippen LogP contribution in [-0.4, -0.2) is 17.4 Å². The van der Waals surface area contributed by atoms with Crippen molar-refractivity contribution in [3.63, 3.8) is 0 Å². The minimum atomic E-state index is -0.0651. The number of benzene rings is 1. The molecule has 0 aliphatic carbocycles. The van der Waals surface area contributed by atoms with E-state index in [0.29, 0.717) is 22.5 Å². The van der Waals surface area contributed by atoms with E-state index in [1.54, 1.807) is 12.1 Å². The first-order valence-corrected chi connectivity index (χ1v) is 6.60. The molecule has 90 valence electrons. The molecule has 1 aromatic heterocycles. The van der Waals surface area contributed by atoms with Gasteiger partial charge in [0.25, 0.3) is 5.91 Å². The molecule has 5 heteroatoms. The highest BCUT2D eigenvalue weighted by atomic mass is 35.5. The number of halogens is 1. The number of carbonyl (C=O) groups is 1. The van der Waals surface area contributed by atoms with Gasteiger partial charge in [-0.05, 0) is 24.1 Å². The van der Waals surface area contributed by atoms with Gasteiger partial charge >= 0.3 is 0 Å². The van der Waals surface area contributed by atoms with Crippen molar-refractivity contribution >= 4 is 39.1 Å². The number of thiazole rings is 1. The summed E-state index contributed by atoms with van der Waals surface area (Å²) in [6.07, 6.45) is 0. The highest BCUT2D eigenvalue weighted by Gasteiger charge is 2.09. The first-order valence-electron chi connectivity index (χ1n) is 5.40. The van der Waals surface area contributed by atoms with Gasteiger partial charge in [-0.1, -0.05) is 25.4 Å². The second-order valence-corrected chi connectivity index (χ2v) is 5.87. The number of fused-ring (bicyclic) bond motifs is 1. The van der Waals surface area contributed by atoms with Crippen molar-refractivity contribution in [3.05, 3.63) is 28.2 Å². The van der Waals surface area contributed by atoms with Crippen LogP contribution in [0.15, 0.2) is 18.2 Å². The monoisotopic (exact) mass is 268 g/mol. The molecule has 0 bridgehead atoms. The average Bonchev–Trinajstić information content (AvgIpc) is 2.64. The highest BCUT2D eigenvalue weighted by molar-refractivity contribution is 7.22. The molecule has 0 aliphatic rings. The van der Waals surface area contributed by atoms with Crippen LogP contribution in [0.2, 0.25) is 4.47 Å². The van der Waals surface area contributed by atoms with E-state index < -0.39 is 0 Å². The Morgan fingerprint density at radius 2 is 2.29 bits per heavy atom. The zero-order valence-corrected chi connectivity index (χ0v) is 11.2. The summed E-state index contributed by atoms with van der Waals surface area (Å²) in [5.41, 5.74) is 1.40. The van der Waals surface area contributed by atoms with Crippen LogP contribution in [0, 0.1) is 5.92 Å². The van der Waals surface area contributed by atoms with E-state index in [4.69, 9.17) is 11.6 Å². The number of aromatic nitrogens is 1.